The van der Waals surface area contributed by atoms with Gasteiger partial charge in [0.05, 0.1) is 17.2 Å². The van der Waals surface area contributed by atoms with Crippen molar-refractivity contribution in [2.45, 2.75) is 19.3 Å². The Hall–Kier alpha value is -2.31. The molecule has 2 aliphatic heterocycles. The Morgan fingerprint density at radius 3 is 2.86 bits per heavy atom. The lowest BCUT2D eigenvalue weighted by molar-refractivity contribution is -0.121. The number of rotatable bonds is 4. The largest absolute Gasteiger partial charge is 0.492 e. The third-order valence-electron chi connectivity index (χ3n) is 5.22. The van der Waals surface area contributed by atoms with E-state index >= 15 is 0 Å². The molecule has 0 radical (unpaired) electrons. The number of ether oxygens (including phenoxy) is 2. The molecule has 2 aliphatic rings. The minimum absolute atomic E-state index is 0.00970. The molecule has 1 aromatic heterocycles. The molecule has 29 heavy (non-hydrogen) atoms. The van der Waals surface area contributed by atoms with Gasteiger partial charge in [0.25, 0.3) is 5.91 Å². The van der Waals surface area contributed by atoms with Crippen LogP contribution in [0, 0.1) is 5.92 Å². The highest BCUT2D eigenvalue weighted by atomic mass is 35.5. The number of likely N-dealkylation sites (tertiary alicyclic amines) is 1. The van der Waals surface area contributed by atoms with Crippen LogP contribution in [0.1, 0.15) is 28.8 Å². The molecule has 4 rings (SSSR count). The number of carbonyl (C=O) groups is 2. The Morgan fingerprint density at radius 1 is 1.28 bits per heavy atom. The van der Waals surface area contributed by atoms with Crippen LogP contribution < -0.4 is 9.47 Å². The van der Waals surface area contributed by atoms with Crippen molar-refractivity contribution >= 4 is 34.9 Å². The fourth-order valence-corrected chi connectivity index (χ4v) is 3.92. The molecule has 1 saturated heterocycles. The third kappa shape index (κ3) is 4.49. The molecule has 0 aliphatic carbocycles. The molecular formula is C21H20Cl2N2O4. The molecule has 0 atom stereocenters. The maximum Gasteiger partial charge on any atom is 0.255 e. The number of benzene rings is 1. The number of piperidine rings is 1. The van der Waals surface area contributed by atoms with Gasteiger partial charge in [-0.05, 0) is 37.0 Å². The van der Waals surface area contributed by atoms with E-state index < -0.39 is 0 Å². The van der Waals surface area contributed by atoms with Crippen molar-refractivity contribution in [3.63, 3.8) is 0 Å². The van der Waals surface area contributed by atoms with E-state index in [1.54, 1.807) is 24.3 Å². The summed E-state index contributed by atoms with van der Waals surface area (Å²) < 4.78 is 11.1. The maximum atomic E-state index is 12.8. The number of amides is 1. The van der Waals surface area contributed by atoms with Gasteiger partial charge < -0.3 is 14.4 Å². The fourth-order valence-electron chi connectivity index (χ4n) is 3.57. The van der Waals surface area contributed by atoms with Crippen molar-refractivity contribution in [3.05, 3.63) is 51.6 Å². The smallest absolute Gasteiger partial charge is 0.255 e. The lowest BCUT2D eigenvalue weighted by Gasteiger charge is -2.32. The van der Waals surface area contributed by atoms with E-state index in [0.29, 0.717) is 58.4 Å². The van der Waals surface area contributed by atoms with E-state index in [4.69, 9.17) is 32.7 Å². The Kier molecular flexibility index (Phi) is 5.92. The normalized spacial score (nSPS) is 16.9. The lowest BCUT2D eigenvalue weighted by Crippen LogP contribution is -2.39. The first-order valence-corrected chi connectivity index (χ1v) is 10.3. The number of aromatic nitrogens is 1. The Balaban J connectivity index is 1.32. The molecule has 0 saturated carbocycles. The van der Waals surface area contributed by atoms with Crippen molar-refractivity contribution in [1.29, 1.82) is 0 Å². The van der Waals surface area contributed by atoms with E-state index in [0.717, 1.165) is 12.8 Å². The van der Waals surface area contributed by atoms with Crippen molar-refractivity contribution in [2.24, 2.45) is 5.92 Å². The molecule has 3 heterocycles. The summed E-state index contributed by atoms with van der Waals surface area (Å²) in [5.41, 5.74) is 1.16. The SMILES string of the molecule is O=C1COc2ncc(C(=O)N3CCC(COc4cccc(Cl)c4Cl)CC3)cc2C1. The molecule has 1 amide bonds. The first-order chi connectivity index (χ1) is 14.0. The van der Waals surface area contributed by atoms with Gasteiger partial charge in [0.1, 0.15) is 17.4 Å². The topological polar surface area (TPSA) is 68.7 Å². The van der Waals surface area contributed by atoms with Gasteiger partial charge in [0, 0.05) is 31.3 Å². The van der Waals surface area contributed by atoms with E-state index in [1.807, 2.05) is 4.90 Å². The van der Waals surface area contributed by atoms with Crippen molar-refractivity contribution in [2.75, 3.05) is 26.3 Å². The summed E-state index contributed by atoms with van der Waals surface area (Å²) in [5.74, 6) is 1.27. The second-order valence-corrected chi connectivity index (χ2v) is 8.08. The van der Waals surface area contributed by atoms with E-state index in [-0.39, 0.29) is 24.7 Å². The monoisotopic (exact) mass is 434 g/mol. The molecular weight excluding hydrogens is 415 g/mol. The molecule has 0 unspecified atom stereocenters. The van der Waals surface area contributed by atoms with Crippen LogP contribution in [0.3, 0.4) is 0 Å². The predicted octanol–water partition coefficient (Wildman–Crippen LogP) is 3.82. The molecule has 6 nitrogen and oxygen atoms in total. The minimum Gasteiger partial charge on any atom is -0.492 e. The van der Waals surface area contributed by atoms with Gasteiger partial charge in [0.2, 0.25) is 5.88 Å². The number of hydrogen-bond donors (Lipinski definition) is 0. The second kappa shape index (κ2) is 8.59. The van der Waals surface area contributed by atoms with Gasteiger partial charge in [0.15, 0.2) is 5.78 Å². The molecule has 1 fully saturated rings. The van der Waals surface area contributed by atoms with Crippen LogP contribution >= 0.6 is 23.2 Å². The highest BCUT2D eigenvalue weighted by Crippen LogP contribution is 2.32. The number of carbonyl (C=O) groups excluding carboxylic acids is 2. The number of pyridine rings is 1. The van der Waals surface area contributed by atoms with Crippen molar-refractivity contribution in [3.8, 4) is 11.6 Å². The summed E-state index contributed by atoms with van der Waals surface area (Å²) in [6.07, 6.45) is 3.45. The quantitative estimate of drug-likeness (QED) is 0.731. The predicted molar refractivity (Wildman–Crippen MR) is 109 cm³/mol. The molecule has 2 aromatic rings. The second-order valence-electron chi connectivity index (χ2n) is 7.29. The molecule has 0 N–H and O–H groups in total. The van der Waals surface area contributed by atoms with Crippen LogP contribution in [0.25, 0.3) is 0 Å². The summed E-state index contributed by atoms with van der Waals surface area (Å²) in [4.78, 5) is 30.4. The zero-order valence-electron chi connectivity index (χ0n) is 15.7. The zero-order valence-corrected chi connectivity index (χ0v) is 17.2. The number of halogens is 2. The van der Waals surface area contributed by atoms with Crippen molar-refractivity contribution < 1.29 is 19.1 Å². The van der Waals surface area contributed by atoms with Crippen LogP contribution in [0.4, 0.5) is 0 Å². The summed E-state index contributed by atoms with van der Waals surface area (Å²) >= 11 is 12.2. The maximum absolute atomic E-state index is 12.8. The molecule has 8 heteroatoms. The number of Topliss-reactive ketones (excluding diaryl/α,β-unsaturated/α-hetero) is 1. The fraction of sp³-hybridized carbons (Fsp3) is 0.381. The Bertz CT molecular complexity index is 942. The summed E-state index contributed by atoms with van der Waals surface area (Å²) in [5, 5.41) is 0.888. The molecule has 0 bridgehead atoms. The van der Waals surface area contributed by atoms with Crippen LogP contribution in [0.15, 0.2) is 30.5 Å². The number of nitrogens with zero attached hydrogens (tertiary/aromatic N) is 2. The molecule has 1 aromatic carbocycles. The van der Waals surface area contributed by atoms with E-state index in [1.165, 1.54) is 6.20 Å². The summed E-state index contributed by atoms with van der Waals surface area (Å²) in [7, 11) is 0. The number of ketones is 1. The molecule has 0 spiro atoms. The van der Waals surface area contributed by atoms with Crippen molar-refractivity contribution in [1.82, 2.24) is 9.88 Å². The first-order valence-electron chi connectivity index (χ1n) is 9.51. The van der Waals surface area contributed by atoms with E-state index in [9.17, 15) is 9.59 Å². The van der Waals surface area contributed by atoms with Gasteiger partial charge in [-0.2, -0.15) is 0 Å². The van der Waals surface area contributed by atoms with Crippen LogP contribution in [-0.4, -0.2) is 47.9 Å². The zero-order chi connectivity index (χ0) is 20.4. The van der Waals surface area contributed by atoms with Gasteiger partial charge in [-0.25, -0.2) is 4.98 Å². The highest BCUT2D eigenvalue weighted by molar-refractivity contribution is 6.42. The third-order valence-corrected chi connectivity index (χ3v) is 6.02. The minimum atomic E-state index is -0.0735. The average molecular weight is 435 g/mol. The Labute approximate surface area is 178 Å². The standard InChI is InChI=1S/C21H20Cl2N2O4/c22-17-2-1-3-18(19(17)23)28-11-13-4-6-25(7-5-13)21(27)15-8-14-9-16(26)12-29-20(14)24-10-15/h1-3,8,10,13H,4-7,9,11-12H2. The number of fused-ring (bicyclic) bond motifs is 1. The van der Waals surface area contributed by atoms with Crippen LogP contribution in [-0.2, 0) is 11.2 Å². The van der Waals surface area contributed by atoms with Crippen LogP contribution in [0.2, 0.25) is 10.0 Å². The van der Waals surface area contributed by atoms with Gasteiger partial charge in [-0.3, -0.25) is 9.59 Å². The number of hydrogen-bond acceptors (Lipinski definition) is 5. The van der Waals surface area contributed by atoms with Crippen LogP contribution in [0.5, 0.6) is 11.6 Å². The lowest BCUT2D eigenvalue weighted by atomic mass is 9.97. The Morgan fingerprint density at radius 2 is 2.07 bits per heavy atom. The van der Waals surface area contributed by atoms with E-state index in [2.05, 4.69) is 4.98 Å². The molecule has 152 valence electrons. The van der Waals surface area contributed by atoms with Gasteiger partial charge in [-0.15, -0.1) is 0 Å². The van der Waals surface area contributed by atoms with Gasteiger partial charge >= 0.3 is 0 Å². The highest BCUT2D eigenvalue weighted by Gasteiger charge is 2.26. The first kappa shape index (κ1) is 20.0. The average Bonchev–Trinajstić information content (AvgIpc) is 2.74. The van der Waals surface area contributed by atoms with Gasteiger partial charge in [-0.1, -0.05) is 29.3 Å². The summed E-state index contributed by atoms with van der Waals surface area (Å²) in [6.45, 7) is 1.86. The summed E-state index contributed by atoms with van der Waals surface area (Å²) in [6, 6.07) is 7.04.